The SMILES string of the molecule is COC12[C@@H]3N[C@@H]3CN1C1=C(C(=O)C(Nc3cccc(C#N)c3)=C(C)C1=O)[C@@H]2COC(N)=O. The van der Waals surface area contributed by atoms with E-state index in [-0.39, 0.29) is 52.8 Å². The Bertz CT molecular complexity index is 1180. The lowest BCUT2D eigenvalue weighted by molar-refractivity contribution is -0.137. The van der Waals surface area contributed by atoms with Crippen molar-refractivity contribution in [1.82, 2.24) is 10.2 Å². The van der Waals surface area contributed by atoms with Crippen molar-refractivity contribution in [3.63, 3.8) is 0 Å². The first kappa shape index (κ1) is 20.2. The molecule has 0 aromatic heterocycles. The molecule has 3 aliphatic heterocycles. The smallest absolute Gasteiger partial charge is 0.404 e. The van der Waals surface area contributed by atoms with E-state index in [0.29, 0.717) is 17.8 Å². The molecule has 4 aliphatic rings. The molecule has 10 nitrogen and oxygen atoms in total. The molecule has 2 saturated heterocycles. The first-order chi connectivity index (χ1) is 15.3. The summed E-state index contributed by atoms with van der Waals surface area (Å²) < 4.78 is 11.0. The Labute approximate surface area is 183 Å². The van der Waals surface area contributed by atoms with Gasteiger partial charge in [0, 0.05) is 36.5 Å². The zero-order chi connectivity index (χ0) is 22.8. The fourth-order valence-corrected chi connectivity index (χ4v) is 5.25. The van der Waals surface area contributed by atoms with Crippen LogP contribution in [0.2, 0.25) is 0 Å². The lowest BCUT2D eigenvalue weighted by Gasteiger charge is -2.39. The third kappa shape index (κ3) is 2.62. The van der Waals surface area contributed by atoms with Crippen molar-refractivity contribution in [3.8, 4) is 6.07 Å². The molecule has 3 heterocycles. The Morgan fingerprint density at radius 2 is 2.19 bits per heavy atom. The maximum atomic E-state index is 13.7. The van der Waals surface area contributed by atoms with Gasteiger partial charge in [-0.1, -0.05) is 6.07 Å². The molecule has 5 rings (SSSR count). The van der Waals surface area contributed by atoms with Gasteiger partial charge in [0.15, 0.2) is 5.72 Å². The van der Waals surface area contributed by atoms with Gasteiger partial charge in [0.05, 0.1) is 35.0 Å². The van der Waals surface area contributed by atoms with E-state index in [4.69, 9.17) is 20.5 Å². The molecule has 1 aromatic carbocycles. The number of anilines is 1. The number of allylic oxidation sites excluding steroid dienone is 2. The number of carbonyl (C=O) groups excluding carboxylic acids is 3. The number of carbonyl (C=O) groups is 3. The Hall–Kier alpha value is -3.68. The predicted octanol–water partition coefficient (Wildman–Crippen LogP) is 0.374. The second kappa shape index (κ2) is 6.91. The number of hydrogen-bond donors (Lipinski definition) is 3. The molecule has 1 unspecified atom stereocenters. The van der Waals surface area contributed by atoms with Gasteiger partial charge in [-0.25, -0.2) is 4.79 Å². The number of Topliss-reactive ketones (excluding diaryl/α,β-unsaturated/α-hetero) is 2. The molecular formula is C22H21N5O5. The van der Waals surface area contributed by atoms with Gasteiger partial charge >= 0.3 is 6.09 Å². The Balaban J connectivity index is 1.57. The van der Waals surface area contributed by atoms with Gasteiger partial charge in [-0.2, -0.15) is 5.26 Å². The number of piperazine rings is 1. The molecular weight excluding hydrogens is 414 g/mol. The lowest BCUT2D eigenvalue weighted by atomic mass is 9.82. The summed E-state index contributed by atoms with van der Waals surface area (Å²) in [6, 6.07) is 8.70. The molecule has 32 heavy (non-hydrogen) atoms. The Morgan fingerprint density at radius 1 is 1.41 bits per heavy atom. The summed E-state index contributed by atoms with van der Waals surface area (Å²) >= 11 is 0. The van der Waals surface area contributed by atoms with Gasteiger partial charge in [-0.15, -0.1) is 0 Å². The summed E-state index contributed by atoms with van der Waals surface area (Å²) in [7, 11) is 1.52. The number of nitriles is 1. The number of primary amides is 1. The van der Waals surface area contributed by atoms with Gasteiger partial charge in [-0.05, 0) is 25.1 Å². The second-order valence-electron chi connectivity index (χ2n) is 8.24. The van der Waals surface area contributed by atoms with E-state index in [1.165, 1.54) is 7.11 Å². The van der Waals surface area contributed by atoms with Crippen LogP contribution in [-0.4, -0.2) is 60.6 Å². The minimum Gasteiger partial charge on any atom is -0.449 e. The number of benzene rings is 1. The summed E-state index contributed by atoms with van der Waals surface area (Å²) in [5.41, 5.74) is 6.04. The monoisotopic (exact) mass is 435 g/mol. The fourth-order valence-electron chi connectivity index (χ4n) is 5.25. The molecule has 10 heteroatoms. The highest BCUT2D eigenvalue weighted by molar-refractivity contribution is 6.26. The van der Waals surface area contributed by atoms with Crippen molar-refractivity contribution in [2.75, 3.05) is 25.6 Å². The van der Waals surface area contributed by atoms with Crippen molar-refractivity contribution in [1.29, 1.82) is 5.26 Å². The van der Waals surface area contributed by atoms with E-state index in [0.717, 1.165) is 0 Å². The van der Waals surface area contributed by atoms with E-state index in [9.17, 15) is 14.4 Å². The summed E-state index contributed by atoms with van der Waals surface area (Å²) in [5.74, 6) is -1.37. The summed E-state index contributed by atoms with van der Waals surface area (Å²) in [5, 5.41) is 15.5. The number of nitrogens with one attached hydrogen (secondary N) is 2. The summed E-state index contributed by atoms with van der Waals surface area (Å²) in [6.45, 7) is 1.90. The summed E-state index contributed by atoms with van der Waals surface area (Å²) in [4.78, 5) is 40.4. The largest absolute Gasteiger partial charge is 0.449 e. The standard InChI is InChI=1S/C22H21N5O5/c1-10-16(25-12-5-3-4-11(6-12)7-23)19(29)15-13(9-32-21(24)30)22(31-2)20-14(26-20)8-27(22)17(15)18(10)28/h3-6,13-14,20,25-26H,8-9H2,1-2H3,(H2,24,30)/t13-,14+,20+,22?/m0/s1. The van der Waals surface area contributed by atoms with Crippen LogP contribution in [0.25, 0.3) is 0 Å². The third-order valence-electron chi connectivity index (χ3n) is 6.69. The third-order valence-corrected chi connectivity index (χ3v) is 6.69. The molecule has 4 atom stereocenters. The van der Waals surface area contributed by atoms with Crippen molar-refractivity contribution >= 4 is 23.3 Å². The van der Waals surface area contributed by atoms with Crippen LogP contribution >= 0.6 is 0 Å². The van der Waals surface area contributed by atoms with Crippen LogP contribution in [0.3, 0.4) is 0 Å². The number of amides is 1. The topological polar surface area (TPSA) is 157 Å². The van der Waals surface area contributed by atoms with E-state index >= 15 is 0 Å². The Morgan fingerprint density at radius 3 is 2.88 bits per heavy atom. The van der Waals surface area contributed by atoms with Crippen LogP contribution in [0.1, 0.15) is 12.5 Å². The highest BCUT2D eigenvalue weighted by Gasteiger charge is 2.72. The molecule has 2 fully saturated rings. The molecule has 0 bridgehead atoms. The van der Waals surface area contributed by atoms with Crippen LogP contribution in [0.5, 0.6) is 0 Å². The van der Waals surface area contributed by atoms with Crippen LogP contribution in [0.15, 0.2) is 46.8 Å². The van der Waals surface area contributed by atoms with Crippen LogP contribution in [0.4, 0.5) is 10.5 Å². The molecule has 0 spiro atoms. The number of fused-ring (bicyclic) bond motifs is 4. The number of nitrogens with zero attached hydrogens (tertiary/aromatic N) is 2. The van der Waals surface area contributed by atoms with E-state index in [2.05, 4.69) is 10.6 Å². The minimum absolute atomic E-state index is 0.107. The molecule has 0 radical (unpaired) electrons. The molecule has 4 N–H and O–H groups in total. The second-order valence-corrected chi connectivity index (χ2v) is 8.24. The highest BCUT2D eigenvalue weighted by atomic mass is 16.6. The first-order valence-corrected chi connectivity index (χ1v) is 10.2. The quantitative estimate of drug-likeness (QED) is 0.439. The van der Waals surface area contributed by atoms with E-state index in [1.807, 2.05) is 11.0 Å². The number of methoxy groups -OCH3 is 1. The number of ketones is 2. The van der Waals surface area contributed by atoms with Crippen LogP contribution in [0, 0.1) is 17.2 Å². The van der Waals surface area contributed by atoms with E-state index in [1.54, 1.807) is 31.2 Å². The van der Waals surface area contributed by atoms with Gasteiger partial charge < -0.3 is 30.7 Å². The predicted molar refractivity (Wildman–Crippen MR) is 111 cm³/mol. The summed E-state index contributed by atoms with van der Waals surface area (Å²) in [6.07, 6.45) is -0.969. The number of nitrogens with two attached hydrogens (primary N) is 1. The van der Waals surface area contributed by atoms with Gasteiger partial charge in [0.2, 0.25) is 11.6 Å². The van der Waals surface area contributed by atoms with Crippen molar-refractivity contribution < 1.29 is 23.9 Å². The number of rotatable bonds is 5. The van der Waals surface area contributed by atoms with Crippen molar-refractivity contribution in [2.45, 2.75) is 24.7 Å². The highest BCUT2D eigenvalue weighted by Crippen LogP contribution is 2.55. The normalized spacial score (nSPS) is 30.0. The van der Waals surface area contributed by atoms with Gasteiger partial charge in [0.25, 0.3) is 0 Å². The van der Waals surface area contributed by atoms with E-state index < -0.39 is 17.7 Å². The zero-order valence-corrected chi connectivity index (χ0v) is 17.5. The maximum Gasteiger partial charge on any atom is 0.404 e. The maximum absolute atomic E-state index is 13.7. The average Bonchev–Trinajstić information content (AvgIpc) is 3.39. The Kier molecular flexibility index (Phi) is 4.37. The zero-order valence-electron chi connectivity index (χ0n) is 17.5. The van der Waals surface area contributed by atoms with Crippen LogP contribution < -0.4 is 16.4 Å². The average molecular weight is 435 g/mol. The number of hydrogen-bond acceptors (Lipinski definition) is 9. The molecule has 0 saturated carbocycles. The van der Waals surface area contributed by atoms with Crippen LogP contribution in [-0.2, 0) is 19.1 Å². The number of ether oxygens (including phenoxy) is 2. The molecule has 1 amide bonds. The molecule has 164 valence electrons. The van der Waals surface area contributed by atoms with Crippen molar-refractivity contribution in [2.24, 2.45) is 11.7 Å². The van der Waals surface area contributed by atoms with Gasteiger partial charge in [-0.3, -0.25) is 9.59 Å². The molecule has 1 aromatic rings. The lowest BCUT2D eigenvalue weighted by Crippen LogP contribution is -2.55. The fraction of sp³-hybridized carbons (Fsp3) is 0.364. The van der Waals surface area contributed by atoms with Crippen molar-refractivity contribution in [3.05, 3.63) is 52.4 Å². The molecule has 1 aliphatic carbocycles. The first-order valence-electron chi connectivity index (χ1n) is 10.2. The van der Waals surface area contributed by atoms with Gasteiger partial charge in [0.1, 0.15) is 6.61 Å². The minimum atomic E-state index is -1.02.